The smallest absolute Gasteiger partial charge is 0.416 e. The van der Waals surface area contributed by atoms with Crippen molar-refractivity contribution in [3.05, 3.63) is 47.2 Å². The van der Waals surface area contributed by atoms with E-state index in [1.54, 1.807) is 23.2 Å². The van der Waals surface area contributed by atoms with Crippen molar-refractivity contribution >= 4 is 28.4 Å². The Morgan fingerprint density at radius 2 is 2.03 bits per heavy atom. The Labute approximate surface area is 186 Å². The number of pyridine rings is 1. The van der Waals surface area contributed by atoms with Gasteiger partial charge in [0.2, 0.25) is 0 Å². The third kappa shape index (κ3) is 4.28. The van der Waals surface area contributed by atoms with E-state index in [-0.39, 0.29) is 43.7 Å². The fourth-order valence-corrected chi connectivity index (χ4v) is 4.07. The summed E-state index contributed by atoms with van der Waals surface area (Å²) in [6, 6.07) is 6.02. The van der Waals surface area contributed by atoms with E-state index in [1.807, 2.05) is 0 Å². The molecule has 1 fully saturated rings. The zero-order valence-corrected chi connectivity index (χ0v) is 17.5. The number of hydrogen-bond donors (Lipinski definition) is 1. The van der Waals surface area contributed by atoms with E-state index in [0.29, 0.717) is 47.7 Å². The number of ether oxygens (including phenoxy) is 2. The number of alkyl halides is 3. The zero-order valence-electron chi connectivity index (χ0n) is 17.5. The molecular formula is C22H20F3N5O3. The van der Waals surface area contributed by atoms with E-state index in [9.17, 15) is 18.0 Å². The first-order valence-corrected chi connectivity index (χ1v) is 10.5. The first kappa shape index (κ1) is 21.4. The second-order valence-electron chi connectivity index (χ2n) is 7.76. The van der Waals surface area contributed by atoms with Gasteiger partial charge in [-0.05, 0) is 36.1 Å². The summed E-state index contributed by atoms with van der Waals surface area (Å²) in [6.07, 6.45) is -2.30. The molecule has 11 heteroatoms. The van der Waals surface area contributed by atoms with Crippen LogP contribution in [0.3, 0.4) is 0 Å². The molecule has 1 saturated heterocycles. The minimum atomic E-state index is -4.44. The first-order chi connectivity index (χ1) is 15.9. The molecule has 3 aromatic rings. The Balaban J connectivity index is 1.55. The Morgan fingerprint density at radius 1 is 1.15 bits per heavy atom. The van der Waals surface area contributed by atoms with Gasteiger partial charge >= 0.3 is 12.2 Å². The standard InChI is InChI=1S/C22H20F3N5O3/c23-22(24,25)17-5-1-3-13-10-26-19-16-9-14(30-6-8-32-12-18(30)31)11-27-20(16)29-21(28-19)33-7-2-4-15(13)17/h1,3,5,9,11H,2,4,6-8,10,12H2,(H,26,27,28,29). The Hall–Kier alpha value is -3.47. The van der Waals surface area contributed by atoms with Gasteiger partial charge in [-0.25, -0.2) is 4.98 Å². The maximum atomic E-state index is 13.6. The highest BCUT2D eigenvalue weighted by molar-refractivity contribution is 5.97. The summed E-state index contributed by atoms with van der Waals surface area (Å²) in [5.41, 5.74) is 1.06. The first-order valence-electron chi connectivity index (χ1n) is 10.5. The quantitative estimate of drug-likeness (QED) is 0.597. The van der Waals surface area contributed by atoms with Crippen molar-refractivity contribution in [1.29, 1.82) is 0 Å². The van der Waals surface area contributed by atoms with Gasteiger partial charge in [0.1, 0.15) is 12.4 Å². The SMILES string of the molecule is O=C1COCCN1c1cnc2nc3nc(c2c1)NCc1cccc(C(F)(F)F)c1CCCO3. The summed E-state index contributed by atoms with van der Waals surface area (Å²) < 4.78 is 51.6. The molecule has 0 unspecified atom stereocenters. The van der Waals surface area contributed by atoms with Crippen LogP contribution in [-0.4, -0.2) is 47.2 Å². The third-order valence-electron chi connectivity index (χ3n) is 5.64. The molecular weight excluding hydrogens is 439 g/mol. The summed E-state index contributed by atoms with van der Waals surface area (Å²) in [6.45, 7) is 1.09. The Morgan fingerprint density at radius 3 is 2.85 bits per heavy atom. The minimum Gasteiger partial charge on any atom is -0.463 e. The van der Waals surface area contributed by atoms with Crippen LogP contribution in [0.5, 0.6) is 6.01 Å². The molecule has 172 valence electrons. The fraction of sp³-hybridized carbons (Fsp3) is 0.364. The van der Waals surface area contributed by atoms with Gasteiger partial charge in [0.05, 0.1) is 36.0 Å². The molecule has 1 aromatic carbocycles. The van der Waals surface area contributed by atoms with Crippen molar-refractivity contribution in [2.24, 2.45) is 0 Å². The molecule has 2 aliphatic heterocycles. The Bertz CT molecular complexity index is 1220. The summed E-state index contributed by atoms with van der Waals surface area (Å²) in [5, 5.41) is 3.67. The third-order valence-corrected chi connectivity index (χ3v) is 5.64. The lowest BCUT2D eigenvalue weighted by Gasteiger charge is -2.26. The van der Waals surface area contributed by atoms with Gasteiger partial charge < -0.3 is 19.7 Å². The Kier molecular flexibility index (Phi) is 5.49. The van der Waals surface area contributed by atoms with Crippen LogP contribution in [0.25, 0.3) is 11.0 Å². The molecule has 8 nitrogen and oxygen atoms in total. The molecule has 2 aromatic heterocycles. The van der Waals surface area contributed by atoms with Crippen LogP contribution < -0.4 is 15.0 Å². The van der Waals surface area contributed by atoms with Crippen LogP contribution in [0, 0.1) is 0 Å². The van der Waals surface area contributed by atoms with Crippen LogP contribution in [0.1, 0.15) is 23.1 Å². The largest absolute Gasteiger partial charge is 0.463 e. The van der Waals surface area contributed by atoms with Gasteiger partial charge in [-0.2, -0.15) is 23.1 Å². The lowest BCUT2D eigenvalue weighted by Crippen LogP contribution is -2.41. The van der Waals surface area contributed by atoms with Crippen LogP contribution >= 0.6 is 0 Å². The molecule has 5 rings (SSSR count). The van der Waals surface area contributed by atoms with Crippen molar-refractivity contribution < 1.29 is 27.4 Å². The average Bonchev–Trinajstić information content (AvgIpc) is 2.82. The molecule has 0 saturated carbocycles. The number of morpholine rings is 1. The topological polar surface area (TPSA) is 89.5 Å². The summed E-state index contributed by atoms with van der Waals surface area (Å²) >= 11 is 0. The normalized spacial score (nSPS) is 17.1. The number of aromatic nitrogens is 3. The summed E-state index contributed by atoms with van der Waals surface area (Å²) in [7, 11) is 0. The molecule has 0 spiro atoms. The van der Waals surface area contributed by atoms with Crippen molar-refractivity contribution in [3.63, 3.8) is 0 Å². The van der Waals surface area contributed by atoms with E-state index in [1.165, 1.54) is 6.07 Å². The number of hydrogen-bond acceptors (Lipinski definition) is 7. The average molecular weight is 459 g/mol. The lowest BCUT2D eigenvalue weighted by molar-refractivity contribution is -0.138. The molecule has 33 heavy (non-hydrogen) atoms. The van der Waals surface area contributed by atoms with E-state index in [2.05, 4.69) is 20.3 Å². The van der Waals surface area contributed by atoms with E-state index >= 15 is 0 Å². The lowest BCUT2D eigenvalue weighted by atomic mass is 9.96. The molecule has 0 atom stereocenters. The molecule has 2 bridgehead atoms. The van der Waals surface area contributed by atoms with Crippen LogP contribution in [-0.2, 0) is 28.7 Å². The fourth-order valence-electron chi connectivity index (χ4n) is 4.07. The number of anilines is 2. The number of nitrogens with one attached hydrogen (secondary N) is 1. The van der Waals surface area contributed by atoms with Gasteiger partial charge in [0.25, 0.3) is 5.91 Å². The van der Waals surface area contributed by atoms with Crippen LogP contribution in [0.2, 0.25) is 0 Å². The summed E-state index contributed by atoms with van der Waals surface area (Å²) in [4.78, 5) is 26.9. The predicted octanol–water partition coefficient (Wildman–Crippen LogP) is 3.34. The maximum absolute atomic E-state index is 13.6. The summed E-state index contributed by atoms with van der Waals surface area (Å²) in [5.74, 6) is 0.188. The van der Waals surface area contributed by atoms with Gasteiger partial charge in [-0.1, -0.05) is 12.1 Å². The molecule has 1 N–H and O–H groups in total. The highest BCUT2D eigenvalue weighted by Gasteiger charge is 2.34. The molecule has 2 aliphatic rings. The van der Waals surface area contributed by atoms with E-state index < -0.39 is 11.7 Å². The number of benzene rings is 1. The van der Waals surface area contributed by atoms with Crippen LogP contribution in [0.4, 0.5) is 24.7 Å². The highest BCUT2D eigenvalue weighted by atomic mass is 19.4. The highest BCUT2D eigenvalue weighted by Crippen LogP contribution is 2.35. The van der Waals surface area contributed by atoms with Gasteiger partial charge in [-0.15, -0.1) is 0 Å². The number of rotatable bonds is 1. The van der Waals surface area contributed by atoms with Gasteiger partial charge in [0, 0.05) is 13.1 Å². The molecule has 4 heterocycles. The van der Waals surface area contributed by atoms with Gasteiger partial charge in [0.15, 0.2) is 5.65 Å². The molecule has 0 aliphatic carbocycles. The number of carbonyl (C=O) groups excluding carboxylic acids is 1. The van der Waals surface area contributed by atoms with E-state index in [4.69, 9.17) is 9.47 Å². The number of fused-ring (bicyclic) bond motifs is 5. The van der Waals surface area contributed by atoms with E-state index in [0.717, 1.165) is 6.07 Å². The number of nitrogens with zero attached hydrogens (tertiary/aromatic N) is 4. The second-order valence-corrected chi connectivity index (χ2v) is 7.76. The number of carbonyl (C=O) groups is 1. The van der Waals surface area contributed by atoms with Crippen molar-refractivity contribution in [3.8, 4) is 6.01 Å². The predicted molar refractivity (Wildman–Crippen MR) is 113 cm³/mol. The number of amides is 1. The van der Waals surface area contributed by atoms with Crippen molar-refractivity contribution in [2.45, 2.75) is 25.6 Å². The van der Waals surface area contributed by atoms with Crippen LogP contribution in [0.15, 0.2) is 30.5 Å². The maximum Gasteiger partial charge on any atom is 0.416 e. The number of halogens is 3. The molecule has 0 radical (unpaired) electrons. The van der Waals surface area contributed by atoms with Crippen molar-refractivity contribution in [1.82, 2.24) is 15.0 Å². The monoisotopic (exact) mass is 459 g/mol. The second kappa shape index (κ2) is 8.47. The zero-order chi connectivity index (χ0) is 23.0. The molecule has 1 amide bonds. The minimum absolute atomic E-state index is 0.00918. The van der Waals surface area contributed by atoms with Gasteiger partial charge in [-0.3, -0.25) is 4.79 Å². The van der Waals surface area contributed by atoms with Crippen molar-refractivity contribution in [2.75, 3.05) is 36.6 Å².